The quantitative estimate of drug-likeness (QED) is 0.626. The number of unbranched alkanes of at least 4 members (excludes halogenated alkanes) is 2. The maximum Gasteiger partial charge on any atom is 0.0874 e. The second-order valence-corrected chi connectivity index (χ2v) is 4.85. The number of hydrogen-bond donors (Lipinski definition) is 1. The monoisotopic (exact) mass is 233 g/mol. The zero-order valence-electron chi connectivity index (χ0n) is 10.5. The van der Waals surface area contributed by atoms with E-state index >= 15 is 0 Å². The van der Waals surface area contributed by atoms with Crippen molar-refractivity contribution in [3.63, 3.8) is 0 Å². The highest BCUT2D eigenvalue weighted by molar-refractivity contribution is 4.61. The lowest BCUT2D eigenvalue weighted by molar-refractivity contribution is -0.931. The van der Waals surface area contributed by atoms with Crippen LogP contribution in [-0.4, -0.2) is 19.1 Å². The van der Waals surface area contributed by atoms with Crippen molar-refractivity contribution in [1.82, 2.24) is 0 Å². The molecule has 1 fully saturated rings. The van der Waals surface area contributed by atoms with Gasteiger partial charge in [-0.3, -0.25) is 0 Å². The molecule has 0 saturated carbocycles. The lowest BCUT2D eigenvalue weighted by atomic mass is 9.97. The van der Waals surface area contributed by atoms with E-state index in [4.69, 9.17) is 0 Å². The van der Waals surface area contributed by atoms with Gasteiger partial charge in [0.05, 0.1) is 19.1 Å². The summed E-state index contributed by atoms with van der Waals surface area (Å²) in [6.45, 7) is 7.51. The molecule has 0 radical (unpaired) electrons. The van der Waals surface area contributed by atoms with Gasteiger partial charge in [0.15, 0.2) is 0 Å². The predicted molar refractivity (Wildman–Crippen MR) is 62.8 cm³/mol. The molecule has 0 spiro atoms. The maximum atomic E-state index is 2.31. The molecule has 2 atom stereocenters. The Labute approximate surface area is 102 Å². The normalized spacial score (nSPS) is 26.0. The number of piperidine rings is 1. The van der Waals surface area contributed by atoms with Crippen LogP contribution in [0.5, 0.6) is 0 Å². The second kappa shape index (κ2) is 9.47. The van der Waals surface area contributed by atoms with Crippen LogP contribution in [0, 0.1) is 0 Å². The van der Waals surface area contributed by atoms with Crippen LogP contribution in [0.15, 0.2) is 0 Å². The first kappa shape index (κ1) is 15.2. The minimum absolute atomic E-state index is 0. The summed E-state index contributed by atoms with van der Waals surface area (Å²) in [5.41, 5.74) is 0. The molecule has 1 aliphatic heterocycles. The van der Waals surface area contributed by atoms with Crippen LogP contribution in [0.25, 0.3) is 0 Å². The molecule has 2 unspecified atom stereocenters. The lowest BCUT2D eigenvalue weighted by Crippen LogP contribution is -3.16. The van der Waals surface area contributed by atoms with Crippen molar-refractivity contribution in [2.75, 3.05) is 13.1 Å². The van der Waals surface area contributed by atoms with E-state index in [1.54, 1.807) is 0 Å². The zero-order valence-corrected chi connectivity index (χ0v) is 11.3. The summed E-state index contributed by atoms with van der Waals surface area (Å²) >= 11 is 0. The molecular weight excluding hydrogens is 206 g/mol. The van der Waals surface area contributed by atoms with Crippen molar-refractivity contribution in [3.05, 3.63) is 0 Å². The van der Waals surface area contributed by atoms with Crippen molar-refractivity contribution >= 4 is 0 Å². The van der Waals surface area contributed by atoms with Crippen LogP contribution in [0.1, 0.15) is 65.2 Å². The Bertz CT molecular complexity index is 122. The SMILES string of the molecule is CCCCC1CCCC[NH+]1CCCC.[Cl-]. The number of nitrogens with one attached hydrogen (secondary N) is 1. The molecule has 92 valence electrons. The Morgan fingerprint density at radius 3 is 2.47 bits per heavy atom. The number of quaternary nitrogens is 1. The van der Waals surface area contributed by atoms with Crippen molar-refractivity contribution < 1.29 is 17.3 Å². The Kier molecular flexibility index (Phi) is 9.63. The largest absolute Gasteiger partial charge is 1.00 e. The second-order valence-electron chi connectivity index (χ2n) is 4.85. The van der Waals surface area contributed by atoms with Crippen LogP contribution < -0.4 is 17.3 Å². The molecule has 0 aromatic rings. The molecule has 1 saturated heterocycles. The lowest BCUT2D eigenvalue weighted by Gasteiger charge is -2.32. The third kappa shape index (κ3) is 5.77. The standard InChI is InChI=1S/C13H27N.ClH/c1-3-5-9-13-10-7-8-12-14(13)11-6-4-2;/h13H,3-12H2,1-2H3;1H. The molecule has 0 aromatic carbocycles. The van der Waals surface area contributed by atoms with Crippen molar-refractivity contribution in [2.45, 2.75) is 71.3 Å². The van der Waals surface area contributed by atoms with E-state index in [1.807, 2.05) is 4.90 Å². The van der Waals surface area contributed by atoms with Crippen LogP contribution >= 0.6 is 0 Å². The number of likely N-dealkylation sites (tertiary alicyclic amines) is 1. The Morgan fingerprint density at radius 2 is 1.80 bits per heavy atom. The highest BCUT2D eigenvalue weighted by Gasteiger charge is 2.24. The predicted octanol–water partition coefficient (Wildman–Crippen LogP) is -0.582. The number of rotatable bonds is 6. The van der Waals surface area contributed by atoms with Gasteiger partial charge in [0.25, 0.3) is 0 Å². The molecule has 0 amide bonds. The zero-order chi connectivity index (χ0) is 10.2. The van der Waals surface area contributed by atoms with Gasteiger partial charge in [-0.15, -0.1) is 0 Å². The highest BCUT2D eigenvalue weighted by atomic mass is 35.5. The molecule has 1 N–H and O–H groups in total. The minimum atomic E-state index is 0. The topological polar surface area (TPSA) is 4.44 Å². The molecule has 1 nitrogen and oxygen atoms in total. The van der Waals surface area contributed by atoms with Gasteiger partial charge in [0, 0.05) is 0 Å². The first-order valence-electron chi connectivity index (χ1n) is 6.73. The average molecular weight is 234 g/mol. The Morgan fingerprint density at radius 1 is 1.07 bits per heavy atom. The fourth-order valence-corrected chi connectivity index (χ4v) is 2.68. The van der Waals surface area contributed by atoms with E-state index in [0.717, 1.165) is 6.04 Å². The molecule has 2 heteroatoms. The summed E-state index contributed by atoms with van der Waals surface area (Å²) < 4.78 is 0. The Balaban J connectivity index is 0.00000196. The molecular formula is C13H28ClN. The number of halogens is 1. The molecule has 1 aliphatic rings. The summed E-state index contributed by atoms with van der Waals surface area (Å²) in [5.74, 6) is 0. The molecule has 0 aromatic heterocycles. The van der Waals surface area contributed by atoms with Gasteiger partial charge in [0.1, 0.15) is 0 Å². The smallest absolute Gasteiger partial charge is 0.0874 e. The molecule has 0 bridgehead atoms. The van der Waals surface area contributed by atoms with Crippen molar-refractivity contribution in [1.29, 1.82) is 0 Å². The molecule has 1 rings (SSSR count). The van der Waals surface area contributed by atoms with E-state index in [0.29, 0.717) is 0 Å². The first-order chi connectivity index (χ1) is 6.88. The minimum Gasteiger partial charge on any atom is -1.00 e. The van der Waals surface area contributed by atoms with Crippen molar-refractivity contribution in [2.24, 2.45) is 0 Å². The van der Waals surface area contributed by atoms with E-state index < -0.39 is 0 Å². The van der Waals surface area contributed by atoms with E-state index in [9.17, 15) is 0 Å². The van der Waals surface area contributed by atoms with Crippen LogP contribution in [0.3, 0.4) is 0 Å². The van der Waals surface area contributed by atoms with Gasteiger partial charge in [-0.1, -0.05) is 26.7 Å². The molecule has 15 heavy (non-hydrogen) atoms. The van der Waals surface area contributed by atoms with Gasteiger partial charge >= 0.3 is 0 Å². The average Bonchev–Trinajstić information content (AvgIpc) is 2.24. The Hall–Kier alpha value is 0.250. The summed E-state index contributed by atoms with van der Waals surface area (Å²) in [6, 6.07) is 1.01. The highest BCUT2D eigenvalue weighted by Crippen LogP contribution is 2.09. The third-order valence-electron chi connectivity index (χ3n) is 3.64. The number of hydrogen-bond acceptors (Lipinski definition) is 0. The molecule has 1 heterocycles. The maximum absolute atomic E-state index is 2.31. The van der Waals surface area contributed by atoms with Crippen LogP contribution in [-0.2, 0) is 0 Å². The fraction of sp³-hybridized carbons (Fsp3) is 1.00. The summed E-state index contributed by atoms with van der Waals surface area (Å²) in [4.78, 5) is 1.92. The van der Waals surface area contributed by atoms with Gasteiger partial charge < -0.3 is 17.3 Å². The van der Waals surface area contributed by atoms with Gasteiger partial charge in [-0.05, 0) is 38.5 Å². The summed E-state index contributed by atoms with van der Waals surface area (Å²) in [5, 5.41) is 0. The summed E-state index contributed by atoms with van der Waals surface area (Å²) in [7, 11) is 0. The van der Waals surface area contributed by atoms with E-state index in [1.165, 1.54) is 64.5 Å². The third-order valence-corrected chi connectivity index (χ3v) is 3.64. The fourth-order valence-electron chi connectivity index (χ4n) is 2.68. The van der Waals surface area contributed by atoms with Gasteiger partial charge in [-0.25, -0.2) is 0 Å². The summed E-state index contributed by atoms with van der Waals surface area (Å²) in [6.07, 6.45) is 11.6. The van der Waals surface area contributed by atoms with Gasteiger partial charge in [0.2, 0.25) is 0 Å². The van der Waals surface area contributed by atoms with E-state index in [2.05, 4.69) is 13.8 Å². The van der Waals surface area contributed by atoms with Crippen LogP contribution in [0.4, 0.5) is 0 Å². The van der Waals surface area contributed by atoms with Crippen molar-refractivity contribution in [3.8, 4) is 0 Å². The van der Waals surface area contributed by atoms with Crippen LogP contribution in [0.2, 0.25) is 0 Å². The van der Waals surface area contributed by atoms with Gasteiger partial charge in [-0.2, -0.15) is 0 Å². The van der Waals surface area contributed by atoms with E-state index in [-0.39, 0.29) is 12.4 Å². The molecule has 0 aliphatic carbocycles. The first-order valence-corrected chi connectivity index (χ1v) is 6.73.